The molecule has 0 amide bonds. The van der Waals surface area contributed by atoms with E-state index in [4.69, 9.17) is 5.11 Å². The standard InChI is InChI=1S/C8H8F6O/c1-2-3-4-5(15)6(7(9,10)11)8(12,13)14/h5-6,15H,4H2,1H3. The molecule has 1 nitrogen and oxygen atoms in total. The van der Waals surface area contributed by atoms with Crippen LogP contribution in [-0.4, -0.2) is 23.6 Å². The van der Waals surface area contributed by atoms with Crippen LogP contribution in [0.4, 0.5) is 26.3 Å². The van der Waals surface area contributed by atoms with Crippen LogP contribution in [0.15, 0.2) is 0 Å². The maximum Gasteiger partial charge on any atom is 0.403 e. The maximum absolute atomic E-state index is 12.0. The van der Waals surface area contributed by atoms with Crippen molar-refractivity contribution in [2.24, 2.45) is 5.92 Å². The topological polar surface area (TPSA) is 20.2 Å². The first kappa shape index (κ1) is 14.1. The van der Waals surface area contributed by atoms with Gasteiger partial charge in [0.1, 0.15) is 0 Å². The summed E-state index contributed by atoms with van der Waals surface area (Å²) in [6.45, 7) is 1.25. The van der Waals surface area contributed by atoms with E-state index in [2.05, 4.69) is 5.92 Å². The van der Waals surface area contributed by atoms with Gasteiger partial charge in [-0.2, -0.15) is 26.3 Å². The van der Waals surface area contributed by atoms with Gasteiger partial charge >= 0.3 is 12.4 Å². The first-order valence-electron chi connectivity index (χ1n) is 3.81. The van der Waals surface area contributed by atoms with Gasteiger partial charge in [-0.1, -0.05) is 0 Å². The molecule has 0 aromatic heterocycles. The number of hydrogen-bond acceptors (Lipinski definition) is 1. The van der Waals surface area contributed by atoms with Crippen LogP contribution in [-0.2, 0) is 0 Å². The first-order valence-corrected chi connectivity index (χ1v) is 3.81. The minimum absolute atomic E-state index is 0.861. The second-order valence-corrected chi connectivity index (χ2v) is 2.76. The molecule has 0 aliphatic carbocycles. The molecule has 0 bridgehead atoms. The van der Waals surface area contributed by atoms with Crippen LogP contribution in [0, 0.1) is 17.8 Å². The van der Waals surface area contributed by atoms with Crippen LogP contribution in [0.25, 0.3) is 0 Å². The Morgan fingerprint density at radius 3 is 1.73 bits per heavy atom. The summed E-state index contributed by atoms with van der Waals surface area (Å²) in [6, 6.07) is 0. The Balaban J connectivity index is 4.85. The molecule has 0 heterocycles. The van der Waals surface area contributed by atoms with E-state index in [1.54, 1.807) is 0 Å². The third-order valence-corrected chi connectivity index (χ3v) is 1.58. The predicted octanol–water partition coefficient (Wildman–Crippen LogP) is 2.50. The second-order valence-electron chi connectivity index (χ2n) is 2.76. The molecule has 0 spiro atoms. The van der Waals surface area contributed by atoms with Gasteiger partial charge in [-0.05, 0) is 6.92 Å². The minimum atomic E-state index is -5.52. The molecule has 15 heavy (non-hydrogen) atoms. The highest BCUT2D eigenvalue weighted by Crippen LogP contribution is 2.41. The van der Waals surface area contributed by atoms with E-state index in [1.165, 1.54) is 6.92 Å². The summed E-state index contributed by atoms with van der Waals surface area (Å²) in [6.07, 6.45) is -14.5. The van der Waals surface area contributed by atoms with Crippen LogP contribution in [0.5, 0.6) is 0 Å². The Kier molecular flexibility index (Phi) is 4.46. The molecule has 0 saturated carbocycles. The van der Waals surface area contributed by atoms with Crippen molar-refractivity contribution in [1.82, 2.24) is 0 Å². The Bertz CT molecular complexity index is 241. The summed E-state index contributed by atoms with van der Waals surface area (Å²) in [5.74, 6) is 0.340. The zero-order valence-electron chi connectivity index (χ0n) is 7.58. The maximum atomic E-state index is 12.0. The average molecular weight is 234 g/mol. The smallest absolute Gasteiger partial charge is 0.391 e. The Morgan fingerprint density at radius 2 is 1.47 bits per heavy atom. The normalized spacial score (nSPS) is 14.7. The van der Waals surface area contributed by atoms with Crippen molar-refractivity contribution in [1.29, 1.82) is 0 Å². The van der Waals surface area contributed by atoms with E-state index in [9.17, 15) is 26.3 Å². The molecule has 0 radical (unpaired) electrons. The summed E-state index contributed by atoms with van der Waals surface area (Å²) in [4.78, 5) is 0. The summed E-state index contributed by atoms with van der Waals surface area (Å²) < 4.78 is 71.8. The molecular formula is C8H8F6O. The van der Waals surface area contributed by atoms with Crippen molar-refractivity contribution in [3.05, 3.63) is 0 Å². The number of rotatable bonds is 2. The van der Waals surface area contributed by atoms with Gasteiger partial charge in [-0.25, -0.2) is 0 Å². The highest BCUT2D eigenvalue weighted by molar-refractivity contribution is 4.99. The van der Waals surface area contributed by atoms with Crippen LogP contribution in [0.3, 0.4) is 0 Å². The van der Waals surface area contributed by atoms with E-state index < -0.39 is 30.8 Å². The number of hydrogen-bond donors (Lipinski definition) is 1. The predicted molar refractivity (Wildman–Crippen MR) is 39.7 cm³/mol. The van der Waals surface area contributed by atoms with E-state index >= 15 is 0 Å². The lowest BCUT2D eigenvalue weighted by Crippen LogP contribution is -2.44. The molecule has 7 heteroatoms. The summed E-state index contributed by atoms with van der Waals surface area (Å²) in [5.41, 5.74) is 0. The van der Waals surface area contributed by atoms with Crippen molar-refractivity contribution >= 4 is 0 Å². The zero-order chi connectivity index (χ0) is 12.3. The lowest BCUT2D eigenvalue weighted by atomic mass is 9.99. The highest BCUT2D eigenvalue weighted by atomic mass is 19.4. The van der Waals surface area contributed by atoms with E-state index in [0.717, 1.165) is 0 Å². The average Bonchev–Trinajstić information content (AvgIpc) is 1.94. The van der Waals surface area contributed by atoms with Gasteiger partial charge in [0.05, 0.1) is 6.10 Å². The molecule has 0 aliphatic rings. The third kappa shape index (κ3) is 4.42. The number of aliphatic hydroxyl groups excluding tert-OH is 1. The minimum Gasteiger partial charge on any atom is -0.391 e. The van der Waals surface area contributed by atoms with Crippen molar-refractivity contribution in [3.63, 3.8) is 0 Å². The second kappa shape index (κ2) is 4.75. The van der Waals surface area contributed by atoms with Crippen molar-refractivity contribution in [2.45, 2.75) is 31.8 Å². The Labute approximate surface area is 82.1 Å². The monoisotopic (exact) mass is 234 g/mol. The summed E-state index contributed by atoms with van der Waals surface area (Å²) in [7, 11) is 0. The SMILES string of the molecule is CC#CCC(O)C(C(F)(F)F)C(F)(F)F. The summed E-state index contributed by atoms with van der Waals surface area (Å²) >= 11 is 0. The molecule has 0 aromatic rings. The van der Waals surface area contributed by atoms with Gasteiger partial charge in [-0.15, -0.1) is 11.8 Å². The molecule has 0 aromatic carbocycles. The van der Waals surface area contributed by atoms with Gasteiger partial charge in [0, 0.05) is 6.42 Å². The van der Waals surface area contributed by atoms with E-state index in [0.29, 0.717) is 0 Å². The van der Waals surface area contributed by atoms with Gasteiger partial charge < -0.3 is 5.11 Å². The Morgan fingerprint density at radius 1 is 1.07 bits per heavy atom. The fraction of sp³-hybridized carbons (Fsp3) is 0.750. The van der Waals surface area contributed by atoms with Crippen LogP contribution < -0.4 is 0 Å². The number of halogens is 6. The van der Waals surface area contributed by atoms with E-state index in [-0.39, 0.29) is 0 Å². The van der Waals surface area contributed by atoms with Crippen molar-refractivity contribution in [3.8, 4) is 11.8 Å². The van der Waals surface area contributed by atoms with Crippen LogP contribution >= 0.6 is 0 Å². The quantitative estimate of drug-likeness (QED) is 0.575. The molecule has 88 valence electrons. The highest BCUT2D eigenvalue weighted by Gasteiger charge is 2.59. The van der Waals surface area contributed by atoms with Crippen LogP contribution in [0.1, 0.15) is 13.3 Å². The fourth-order valence-electron chi connectivity index (χ4n) is 0.946. The van der Waals surface area contributed by atoms with Crippen molar-refractivity contribution < 1.29 is 31.4 Å². The van der Waals surface area contributed by atoms with Gasteiger partial charge in [0.15, 0.2) is 5.92 Å². The largest absolute Gasteiger partial charge is 0.403 e. The zero-order valence-corrected chi connectivity index (χ0v) is 7.58. The molecule has 0 saturated heterocycles. The molecule has 1 N–H and O–H groups in total. The lowest BCUT2D eigenvalue weighted by Gasteiger charge is -2.26. The van der Waals surface area contributed by atoms with Gasteiger partial charge in [-0.3, -0.25) is 0 Å². The molecule has 0 aliphatic heterocycles. The first-order chi connectivity index (χ1) is 6.60. The van der Waals surface area contributed by atoms with Crippen LogP contribution in [0.2, 0.25) is 0 Å². The number of aliphatic hydroxyl groups is 1. The number of alkyl halides is 6. The van der Waals surface area contributed by atoms with Gasteiger partial charge in [0.25, 0.3) is 0 Å². The molecule has 0 rings (SSSR count). The molecule has 1 unspecified atom stereocenters. The molecular weight excluding hydrogens is 226 g/mol. The summed E-state index contributed by atoms with van der Waals surface area (Å²) in [5, 5.41) is 8.77. The Hall–Kier alpha value is -0.900. The molecule has 0 fully saturated rings. The molecule has 1 atom stereocenters. The van der Waals surface area contributed by atoms with Crippen molar-refractivity contribution in [2.75, 3.05) is 0 Å². The van der Waals surface area contributed by atoms with E-state index in [1.807, 2.05) is 5.92 Å². The third-order valence-electron chi connectivity index (χ3n) is 1.58. The fourth-order valence-corrected chi connectivity index (χ4v) is 0.946. The van der Waals surface area contributed by atoms with Gasteiger partial charge in [0.2, 0.25) is 0 Å². The lowest BCUT2D eigenvalue weighted by molar-refractivity contribution is -0.305.